The smallest absolute Gasteiger partial charge is 0.261 e. The summed E-state index contributed by atoms with van der Waals surface area (Å²) in [6.07, 6.45) is 1.74. The average molecular weight is 376 g/mol. The molecule has 7 heteroatoms. The first-order chi connectivity index (χ1) is 10.5. The quantitative estimate of drug-likeness (QED) is 0.732. The van der Waals surface area contributed by atoms with Gasteiger partial charge in [-0.3, -0.25) is 4.72 Å². The third kappa shape index (κ3) is 2.58. The molecule has 3 rings (SSSR count). The first-order valence-electron chi connectivity index (χ1n) is 6.30. The summed E-state index contributed by atoms with van der Waals surface area (Å²) in [5.41, 5.74) is 1.58. The predicted molar refractivity (Wildman–Crippen MR) is 88.0 cm³/mol. The Balaban J connectivity index is 2.01. The fourth-order valence-electron chi connectivity index (χ4n) is 2.12. The minimum absolute atomic E-state index is 0.106. The SMILES string of the molecule is N#Cc1ccc(S(=O)(=O)Nc2ccc(Br)c3cc[nH]c23)cc1. The van der Waals surface area contributed by atoms with Crippen molar-refractivity contribution >= 4 is 42.5 Å². The zero-order chi connectivity index (χ0) is 15.7. The minimum Gasteiger partial charge on any atom is -0.359 e. The van der Waals surface area contributed by atoms with E-state index >= 15 is 0 Å². The molecule has 0 saturated heterocycles. The highest BCUT2D eigenvalue weighted by Gasteiger charge is 2.16. The summed E-state index contributed by atoms with van der Waals surface area (Å²) < 4.78 is 28.3. The molecule has 0 aliphatic rings. The number of hydrogen-bond donors (Lipinski definition) is 2. The first-order valence-corrected chi connectivity index (χ1v) is 8.57. The Labute approximate surface area is 135 Å². The van der Waals surface area contributed by atoms with Crippen molar-refractivity contribution in [1.82, 2.24) is 4.98 Å². The largest absolute Gasteiger partial charge is 0.359 e. The van der Waals surface area contributed by atoms with Gasteiger partial charge < -0.3 is 4.98 Å². The van der Waals surface area contributed by atoms with Crippen LogP contribution in [0.3, 0.4) is 0 Å². The van der Waals surface area contributed by atoms with Crippen molar-refractivity contribution in [3.63, 3.8) is 0 Å². The molecule has 2 N–H and O–H groups in total. The zero-order valence-electron chi connectivity index (χ0n) is 11.2. The van der Waals surface area contributed by atoms with Gasteiger partial charge in [0.1, 0.15) is 0 Å². The lowest BCUT2D eigenvalue weighted by Gasteiger charge is -2.10. The van der Waals surface area contributed by atoms with Gasteiger partial charge in [0.15, 0.2) is 0 Å². The van der Waals surface area contributed by atoms with Crippen molar-refractivity contribution in [3.8, 4) is 6.07 Å². The van der Waals surface area contributed by atoms with Gasteiger partial charge in [-0.05, 0) is 42.5 Å². The molecule has 5 nitrogen and oxygen atoms in total. The molecule has 0 bridgehead atoms. The van der Waals surface area contributed by atoms with Crippen LogP contribution in [0.25, 0.3) is 10.9 Å². The first kappa shape index (κ1) is 14.6. The maximum Gasteiger partial charge on any atom is 0.261 e. The molecule has 0 aliphatic carbocycles. The van der Waals surface area contributed by atoms with Crippen LogP contribution in [0, 0.1) is 11.3 Å². The van der Waals surface area contributed by atoms with E-state index in [1.54, 1.807) is 18.3 Å². The lowest BCUT2D eigenvalue weighted by Crippen LogP contribution is -2.13. The second kappa shape index (κ2) is 5.48. The number of hydrogen-bond acceptors (Lipinski definition) is 3. The number of aromatic nitrogens is 1. The molecule has 0 unspecified atom stereocenters. The van der Waals surface area contributed by atoms with Gasteiger partial charge in [0.2, 0.25) is 0 Å². The Bertz CT molecular complexity index is 986. The maximum atomic E-state index is 12.4. The second-order valence-electron chi connectivity index (χ2n) is 4.60. The third-order valence-corrected chi connectivity index (χ3v) is 5.28. The van der Waals surface area contributed by atoms with E-state index in [0.29, 0.717) is 16.8 Å². The lowest BCUT2D eigenvalue weighted by atomic mass is 10.2. The van der Waals surface area contributed by atoms with Crippen molar-refractivity contribution < 1.29 is 8.42 Å². The molecule has 0 aliphatic heterocycles. The van der Waals surface area contributed by atoms with Crippen molar-refractivity contribution in [3.05, 3.63) is 58.7 Å². The number of nitrogens with one attached hydrogen (secondary N) is 2. The zero-order valence-corrected chi connectivity index (χ0v) is 13.6. The van der Waals surface area contributed by atoms with Gasteiger partial charge in [-0.25, -0.2) is 8.42 Å². The molecule has 0 saturated carbocycles. The maximum absolute atomic E-state index is 12.4. The van der Waals surface area contributed by atoms with Crippen molar-refractivity contribution in [2.24, 2.45) is 0 Å². The van der Waals surface area contributed by atoms with Gasteiger partial charge in [-0.15, -0.1) is 0 Å². The third-order valence-electron chi connectivity index (χ3n) is 3.21. The Hall–Kier alpha value is -2.30. The van der Waals surface area contributed by atoms with Crippen LogP contribution in [-0.2, 0) is 10.0 Å². The molecule has 3 aromatic rings. The number of anilines is 1. The summed E-state index contributed by atoms with van der Waals surface area (Å²) in [7, 11) is -3.72. The van der Waals surface area contributed by atoms with Crippen molar-refractivity contribution in [1.29, 1.82) is 5.26 Å². The molecular weight excluding hydrogens is 366 g/mol. The van der Waals surface area contributed by atoms with Crippen molar-refractivity contribution in [2.75, 3.05) is 4.72 Å². The molecule has 0 radical (unpaired) electrons. The number of benzene rings is 2. The van der Waals surface area contributed by atoms with Crippen LogP contribution in [0.15, 0.2) is 58.0 Å². The van der Waals surface area contributed by atoms with Crippen LogP contribution in [-0.4, -0.2) is 13.4 Å². The number of rotatable bonds is 3. The summed E-state index contributed by atoms with van der Waals surface area (Å²) in [6, 6.07) is 13.0. The van der Waals surface area contributed by atoms with Gasteiger partial charge in [-0.1, -0.05) is 15.9 Å². The van der Waals surface area contributed by atoms with Gasteiger partial charge in [0, 0.05) is 16.1 Å². The lowest BCUT2D eigenvalue weighted by molar-refractivity contribution is 0.601. The average Bonchev–Trinajstić information content (AvgIpc) is 3.01. The molecule has 2 aromatic carbocycles. The number of nitriles is 1. The second-order valence-corrected chi connectivity index (χ2v) is 7.14. The highest BCUT2D eigenvalue weighted by Crippen LogP contribution is 2.30. The molecular formula is C15H10BrN3O2S. The predicted octanol–water partition coefficient (Wildman–Crippen LogP) is 3.60. The van der Waals surface area contributed by atoms with E-state index in [0.717, 1.165) is 9.86 Å². The topological polar surface area (TPSA) is 85.8 Å². The molecule has 22 heavy (non-hydrogen) atoms. The van der Waals surface area contributed by atoms with Crippen LogP contribution in [0.1, 0.15) is 5.56 Å². The molecule has 1 aromatic heterocycles. The summed E-state index contributed by atoms with van der Waals surface area (Å²) in [4.78, 5) is 3.13. The summed E-state index contributed by atoms with van der Waals surface area (Å²) in [6.45, 7) is 0. The Morgan fingerprint density at radius 1 is 1.09 bits per heavy atom. The van der Waals surface area contributed by atoms with E-state index in [1.807, 2.05) is 12.1 Å². The molecule has 0 fully saturated rings. The number of fused-ring (bicyclic) bond motifs is 1. The number of sulfonamides is 1. The van der Waals surface area contributed by atoms with Gasteiger partial charge in [0.25, 0.3) is 10.0 Å². The standard InChI is InChI=1S/C15H10BrN3O2S/c16-13-5-6-14(15-12(13)7-8-18-15)19-22(20,21)11-3-1-10(9-17)2-4-11/h1-8,18-19H. The number of nitrogens with zero attached hydrogens (tertiary/aromatic N) is 1. The van der Waals surface area contributed by atoms with E-state index < -0.39 is 10.0 Å². The molecule has 0 spiro atoms. The van der Waals surface area contributed by atoms with E-state index in [9.17, 15) is 8.42 Å². The highest BCUT2D eigenvalue weighted by molar-refractivity contribution is 9.10. The van der Waals surface area contributed by atoms with E-state index in [1.165, 1.54) is 24.3 Å². The summed E-state index contributed by atoms with van der Waals surface area (Å²) >= 11 is 3.42. The number of halogens is 1. The minimum atomic E-state index is -3.72. The Morgan fingerprint density at radius 3 is 2.50 bits per heavy atom. The molecule has 1 heterocycles. The van der Waals surface area contributed by atoms with Gasteiger partial charge in [-0.2, -0.15) is 5.26 Å². The van der Waals surface area contributed by atoms with Crippen LogP contribution in [0.4, 0.5) is 5.69 Å². The molecule has 0 atom stereocenters. The highest BCUT2D eigenvalue weighted by atomic mass is 79.9. The van der Waals surface area contributed by atoms with E-state index in [4.69, 9.17) is 5.26 Å². The molecule has 110 valence electrons. The van der Waals surface area contributed by atoms with Gasteiger partial charge in [0.05, 0.1) is 27.7 Å². The van der Waals surface area contributed by atoms with E-state index in [2.05, 4.69) is 25.6 Å². The van der Waals surface area contributed by atoms with Crippen LogP contribution < -0.4 is 4.72 Å². The van der Waals surface area contributed by atoms with E-state index in [-0.39, 0.29) is 4.90 Å². The molecule has 0 amide bonds. The monoisotopic (exact) mass is 375 g/mol. The van der Waals surface area contributed by atoms with Crippen LogP contribution >= 0.6 is 15.9 Å². The summed E-state index contributed by atoms with van der Waals surface area (Å²) in [5.74, 6) is 0. The Kier molecular flexibility index (Phi) is 3.64. The number of H-pyrrole nitrogens is 1. The Morgan fingerprint density at radius 2 is 1.82 bits per heavy atom. The van der Waals surface area contributed by atoms with Crippen molar-refractivity contribution in [2.45, 2.75) is 4.90 Å². The van der Waals surface area contributed by atoms with Gasteiger partial charge >= 0.3 is 0 Å². The van der Waals surface area contributed by atoms with Crippen LogP contribution in [0.2, 0.25) is 0 Å². The summed E-state index contributed by atoms with van der Waals surface area (Å²) in [5, 5.41) is 9.65. The fourth-order valence-corrected chi connectivity index (χ4v) is 3.65. The normalized spacial score (nSPS) is 11.3. The fraction of sp³-hybridized carbons (Fsp3) is 0. The number of aromatic amines is 1. The van der Waals surface area contributed by atoms with Crippen LogP contribution in [0.5, 0.6) is 0 Å².